The number of benzene rings is 2. The average Bonchev–Trinajstić information content (AvgIpc) is 3.21. The molecule has 190 valence electrons. The summed E-state index contributed by atoms with van der Waals surface area (Å²) in [5.74, 6) is -0.722. The minimum absolute atomic E-state index is 0.147. The van der Waals surface area contributed by atoms with Crippen LogP contribution >= 0.6 is 0 Å². The molecule has 0 bridgehead atoms. The van der Waals surface area contributed by atoms with Crippen LogP contribution < -0.4 is 10.4 Å². The Bertz CT molecular complexity index is 977. The average molecular weight is 497 g/mol. The zero-order valence-electron chi connectivity index (χ0n) is 22.2. The normalized spacial score (nSPS) is 28.1. The second-order valence-electron chi connectivity index (χ2n) is 11.4. The summed E-state index contributed by atoms with van der Waals surface area (Å²) in [7, 11) is -1.06. The standard InChI is InChI=1S/C29H40O5Si/c1-21(2)19-29(25(30-8)24-26(34-29)33-28(6,7)32-24)20-31-35(27(3,4)5,22-15-11-9-12-16-22)23-17-13-10-14-18-23/h9-18,24-26H,1,19-20H2,2-8H3/t24-,25+,26+,29-/m1/s1. The molecular formula is C29H40O5Si. The Morgan fingerprint density at radius 3 is 1.94 bits per heavy atom. The maximum atomic E-state index is 7.29. The third-order valence-electron chi connectivity index (χ3n) is 7.06. The van der Waals surface area contributed by atoms with E-state index in [-0.39, 0.29) is 17.2 Å². The fourth-order valence-electron chi connectivity index (χ4n) is 5.81. The SMILES string of the molecule is C=C(C)C[C@]1(CO[Si](c2ccccc2)(c2ccccc2)C(C)(C)C)O[C@@H]2OC(C)(C)O[C@@H]2[C@@H]1OC. The molecule has 2 aliphatic rings. The van der Waals surface area contributed by atoms with Crippen molar-refractivity contribution in [2.45, 2.75) is 82.9 Å². The monoisotopic (exact) mass is 496 g/mol. The predicted molar refractivity (Wildman–Crippen MR) is 141 cm³/mol. The molecule has 0 radical (unpaired) electrons. The van der Waals surface area contributed by atoms with Crippen molar-refractivity contribution in [3.8, 4) is 0 Å². The Morgan fingerprint density at radius 1 is 0.943 bits per heavy atom. The number of methoxy groups -OCH3 is 1. The predicted octanol–water partition coefficient (Wildman–Crippen LogP) is 4.79. The summed E-state index contributed by atoms with van der Waals surface area (Å²) in [4.78, 5) is 0. The summed E-state index contributed by atoms with van der Waals surface area (Å²) in [5, 5.41) is 2.31. The minimum atomic E-state index is -2.77. The van der Waals surface area contributed by atoms with Crippen molar-refractivity contribution in [2.75, 3.05) is 13.7 Å². The molecule has 2 saturated heterocycles. The lowest BCUT2D eigenvalue weighted by atomic mass is 9.89. The van der Waals surface area contributed by atoms with Crippen molar-refractivity contribution in [3.63, 3.8) is 0 Å². The van der Waals surface area contributed by atoms with Gasteiger partial charge in [0.1, 0.15) is 17.8 Å². The summed E-state index contributed by atoms with van der Waals surface area (Å²) in [6.07, 6.45) is -0.623. The zero-order chi connectivity index (χ0) is 25.5. The van der Waals surface area contributed by atoms with E-state index < -0.39 is 26.0 Å². The topological polar surface area (TPSA) is 46.2 Å². The van der Waals surface area contributed by atoms with Crippen molar-refractivity contribution in [1.29, 1.82) is 0 Å². The summed E-state index contributed by atoms with van der Waals surface area (Å²) >= 11 is 0. The van der Waals surface area contributed by atoms with E-state index in [2.05, 4.69) is 88.0 Å². The van der Waals surface area contributed by atoms with Crippen LogP contribution in [0.5, 0.6) is 0 Å². The molecule has 5 nitrogen and oxygen atoms in total. The molecule has 2 fully saturated rings. The van der Waals surface area contributed by atoms with Crippen LogP contribution in [0.3, 0.4) is 0 Å². The van der Waals surface area contributed by atoms with Gasteiger partial charge < -0.3 is 23.4 Å². The van der Waals surface area contributed by atoms with E-state index in [1.807, 2.05) is 20.8 Å². The molecule has 6 heteroatoms. The van der Waals surface area contributed by atoms with Gasteiger partial charge in [-0.25, -0.2) is 0 Å². The second kappa shape index (κ2) is 9.58. The molecule has 2 aliphatic heterocycles. The van der Waals surface area contributed by atoms with Crippen LogP contribution in [0.15, 0.2) is 72.8 Å². The molecule has 2 aromatic rings. The Balaban J connectivity index is 1.79. The highest BCUT2D eigenvalue weighted by Crippen LogP contribution is 2.47. The minimum Gasteiger partial charge on any atom is -0.404 e. The lowest BCUT2D eigenvalue weighted by Crippen LogP contribution is -2.68. The Morgan fingerprint density at radius 2 is 1.49 bits per heavy atom. The molecule has 35 heavy (non-hydrogen) atoms. The Hall–Kier alpha value is -1.80. The summed E-state index contributed by atoms with van der Waals surface area (Å²) in [6.45, 7) is 17.2. The van der Waals surface area contributed by atoms with Crippen LogP contribution in [-0.4, -0.2) is 51.9 Å². The number of rotatable bonds is 8. The van der Waals surface area contributed by atoms with Gasteiger partial charge in [0, 0.05) is 13.5 Å². The summed E-state index contributed by atoms with van der Waals surface area (Å²) in [6, 6.07) is 21.3. The van der Waals surface area contributed by atoms with Crippen molar-refractivity contribution in [2.24, 2.45) is 0 Å². The highest BCUT2D eigenvalue weighted by atomic mass is 28.4. The van der Waals surface area contributed by atoms with Gasteiger partial charge in [0.25, 0.3) is 8.32 Å². The highest BCUT2D eigenvalue weighted by molar-refractivity contribution is 6.99. The van der Waals surface area contributed by atoms with Crippen LogP contribution in [0.4, 0.5) is 0 Å². The first-order valence-electron chi connectivity index (χ1n) is 12.4. The molecule has 4 rings (SSSR count). The first-order chi connectivity index (χ1) is 16.4. The van der Waals surface area contributed by atoms with Crippen LogP contribution in [0.2, 0.25) is 5.04 Å². The molecular weight excluding hydrogens is 456 g/mol. The second-order valence-corrected chi connectivity index (χ2v) is 15.7. The third-order valence-corrected chi connectivity index (χ3v) is 12.0. The zero-order valence-corrected chi connectivity index (χ0v) is 23.2. The lowest BCUT2D eigenvalue weighted by Gasteiger charge is -2.46. The van der Waals surface area contributed by atoms with Gasteiger partial charge in [-0.1, -0.05) is 87.0 Å². The fraction of sp³-hybridized carbons (Fsp3) is 0.517. The molecule has 4 atom stereocenters. The van der Waals surface area contributed by atoms with Crippen LogP contribution in [0, 0.1) is 0 Å². The van der Waals surface area contributed by atoms with E-state index in [9.17, 15) is 0 Å². The smallest absolute Gasteiger partial charge is 0.261 e. The first kappa shape index (κ1) is 26.3. The molecule has 0 amide bonds. The largest absolute Gasteiger partial charge is 0.404 e. The summed E-state index contributed by atoms with van der Waals surface area (Å²) < 4.78 is 32.4. The summed E-state index contributed by atoms with van der Waals surface area (Å²) in [5.41, 5.74) is 0.219. The number of hydrogen-bond donors (Lipinski definition) is 0. The van der Waals surface area contributed by atoms with Gasteiger partial charge in [0.15, 0.2) is 12.1 Å². The third kappa shape index (κ3) is 4.80. The molecule has 0 spiro atoms. The van der Waals surface area contributed by atoms with E-state index >= 15 is 0 Å². The maximum absolute atomic E-state index is 7.29. The van der Waals surface area contributed by atoms with E-state index in [0.717, 1.165) is 5.57 Å². The van der Waals surface area contributed by atoms with Crippen LogP contribution in [-0.2, 0) is 23.4 Å². The van der Waals surface area contributed by atoms with E-state index in [0.29, 0.717) is 13.0 Å². The molecule has 0 unspecified atom stereocenters. The van der Waals surface area contributed by atoms with Gasteiger partial charge in [-0.2, -0.15) is 0 Å². The van der Waals surface area contributed by atoms with Gasteiger partial charge in [0.05, 0.1) is 6.61 Å². The lowest BCUT2D eigenvalue weighted by molar-refractivity contribution is -0.246. The Kier molecular flexibility index (Phi) is 7.19. The van der Waals surface area contributed by atoms with Crippen molar-refractivity contribution >= 4 is 18.7 Å². The number of ether oxygens (including phenoxy) is 4. The van der Waals surface area contributed by atoms with Gasteiger partial charge in [-0.15, -0.1) is 6.58 Å². The van der Waals surface area contributed by atoms with Crippen LogP contribution in [0.25, 0.3) is 0 Å². The van der Waals surface area contributed by atoms with E-state index in [4.69, 9.17) is 23.4 Å². The van der Waals surface area contributed by atoms with Gasteiger partial charge >= 0.3 is 0 Å². The molecule has 2 heterocycles. The molecule has 0 aliphatic carbocycles. The van der Waals surface area contributed by atoms with E-state index in [1.165, 1.54) is 10.4 Å². The van der Waals surface area contributed by atoms with Crippen molar-refractivity contribution < 1.29 is 23.4 Å². The van der Waals surface area contributed by atoms with Crippen molar-refractivity contribution in [1.82, 2.24) is 0 Å². The molecule has 0 saturated carbocycles. The molecule has 0 aromatic heterocycles. The number of hydrogen-bond acceptors (Lipinski definition) is 5. The highest BCUT2D eigenvalue weighted by Gasteiger charge is 2.63. The number of fused-ring (bicyclic) bond motifs is 1. The van der Waals surface area contributed by atoms with Gasteiger partial charge in [-0.05, 0) is 36.2 Å². The van der Waals surface area contributed by atoms with E-state index in [1.54, 1.807) is 7.11 Å². The van der Waals surface area contributed by atoms with Gasteiger partial charge in [-0.3, -0.25) is 0 Å². The molecule has 2 aromatic carbocycles. The first-order valence-corrected chi connectivity index (χ1v) is 14.3. The quantitative estimate of drug-likeness (QED) is 0.388. The van der Waals surface area contributed by atoms with Gasteiger partial charge in [0.2, 0.25) is 0 Å². The molecule has 0 N–H and O–H groups in total. The maximum Gasteiger partial charge on any atom is 0.261 e. The Labute approximate surface area is 211 Å². The fourth-order valence-corrected chi connectivity index (χ4v) is 10.4. The van der Waals surface area contributed by atoms with Crippen LogP contribution in [0.1, 0.15) is 48.0 Å². The van der Waals surface area contributed by atoms with Crippen molar-refractivity contribution in [3.05, 3.63) is 72.8 Å².